The highest BCUT2D eigenvalue weighted by Gasteiger charge is 2.14. The van der Waals surface area contributed by atoms with E-state index in [-0.39, 0.29) is 0 Å². The molecule has 2 heterocycles. The van der Waals surface area contributed by atoms with Crippen molar-refractivity contribution in [2.45, 2.75) is 13.8 Å². The quantitative estimate of drug-likeness (QED) is 0.728. The maximum Gasteiger partial charge on any atom is 0.267 e. The first-order valence-corrected chi connectivity index (χ1v) is 4.35. The highest BCUT2D eigenvalue weighted by molar-refractivity contribution is 5.93. The van der Waals surface area contributed by atoms with E-state index in [0.717, 1.165) is 11.3 Å². The Morgan fingerprint density at radius 3 is 2.79 bits per heavy atom. The van der Waals surface area contributed by atoms with Gasteiger partial charge in [0.25, 0.3) is 5.91 Å². The van der Waals surface area contributed by atoms with E-state index in [1.807, 2.05) is 25.1 Å². The molecule has 2 N–H and O–H groups in total. The Hall–Kier alpha value is -1.84. The third-order valence-corrected chi connectivity index (χ3v) is 2.25. The van der Waals surface area contributed by atoms with Gasteiger partial charge in [-0.15, -0.1) is 0 Å². The highest BCUT2D eigenvalue weighted by atomic mass is 16.1. The van der Waals surface area contributed by atoms with Crippen LogP contribution in [0.4, 0.5) is 0 Å². The van der Waals surface area contributed by atoms with Crippen LogP contribution in [-0.2, 0) is 0 Å². The molecule has 0 saturated carbocycles. The van der Waals surface area contributed by atoms with Crippen LogP contribution in [0.2, 0.25) is 0 Å². The zero-order valence-corrected chi connectivity index (χ0v) is 8.11. The largest absolute Gasteiger partial charge is 0.364 e. The lowest BCUT2D eigenvalue weighted by molar-refractivity contribution is 0.0994. The topological polar surface area (TPSA) is 60.4 Å². The van der Waals surface area contributed by atoms with E-state index in [1.54, 1.807) is 11.3 Å². The summed E-state index contributed by atoms with van der Waals surface area (Å²) in [6.07, 6.45) is 0. The number of fused-ring (bicyclic) bond motifs is 1. The number of aryl methyl sites for hydroxylation is 2. The average molecular weight is 189 g/mol. The van der Waals surface area contributed by atoms with Crippen LogP contribution in [0.3, 0.4) is 0 Å². The van der Waals surface area contributed by atoms with Crippen molar-refractivity contribution in [1.82, 2.24) is 9.38 Å². The van der Waals surface area contributed by atoms with Crippen LogP contribution in [0.15, 0.2) is 18.2 Å². The van der Waals surface area contributed by atoms with Gasteiger partial charge in [-0.2, -0.15) is 0 Å². The summed E-state index contributed by atoms with van der Waals surface area (Å²) in [6, 6.07) is 5.68. The summed E-state index contributed by atoms with van der Waals surface area (Å²) < 4.78 is 1.78. The molecule has 72 valence electrons. The highest BCUT2D eigenvalue weighted by Crippen LogP contribution is 2.13. The molecule has 4 heteroatoms. The van der Waals surface area contributed by atoms with E-state index in [2.05, 4.69) is 4.98 Å². The number of pyridine rings is 1. The van der Waals surface area contributed by atoms with Crippen molar-refractivity contribution in [2.24, 2.45) is 5.73 Å². The van der Waals surface area contributed by atoms with E-state index >= 15 is 0 Å². The molecule has 0 atom stereocenters. The van der Waals surface area contributed by atoms with Crippen molar-refractivity contribution >= 4 is 11.6 Å². The molecule has 0 saturated heterocycles. The number of imidazole rings is 1. The molecule has 4 nitrogen and oxygen atoms in total. The fraction of sp³-hybridized carbons (Fsp3) is 0.200. The van der Waals surface area contributed by atoms with Crippen molar-refractivity contribution < 1.29 is 4.79 Å². The average Bonchev–Trinajstić information content (AvgIpc) is 2.42. The molecule has 0 radical (unpaired) electrons. The van der Waals surface area contributed by atoms with Crippen molar-refractivity contribution in [3.05, 3.63) is 35.3 Å². The molecule has 0 aromatic carbocycles. The predicted octanol–water partition coefficient (Wildman–Crippen LogP) is 1.05. The van der Waals surface area contributed by atoms with Gasteiger partial charge < -0.3 is 5.73 Å². The van der Waals surface area contributed by atoms with E-state index < -0.39 is 5.91 Å². The Kier molecular flexibility index (Phi) is 1.77. The number of hydrogen-bond donors (Lipinski definition) is 1. The molecule has 1 amide bonds. The fourth-order valence-corrected chi connectivity index (χ4v) is 1.66. The van der Waals surface area contributed by atoms with Crippen LogP contribution in [0, 0.1) is 13.8 Å². The number of nitrogens with zero attached hydrogens (tertiary/aromatic N) is 2. The van der Waals surface area contributed by atoms with Crippen LogP contribution in [-0.4, -0.2) is 15.3 Å². The summed E-state index contributed by atoms with van der Waals surface area (Å²) in [5.41, 5.74) is 8.15. The van der Waals surface area contributed by atoms with E-state index in [0.29, 0.717) is 11.4 Å². The van der Waals surface area contributed by atoms with Crippen molar-refractivity contribution in [3.63, 3.8) is 0 Å². The molecular formula is C10H11N3O. The van der Waals surface area contributed by atoms with Gasteiger partial charge in [0.15, 0.2) is 0 Å². The second-order valence-electron chi connectivity index (χ2n) is 3.27. The van der Waals surface area contributed by atoms with Crippen molar-refractivity contribution in [3.8, 4) is 0 Å². The number of hydrogen-bond acceptors (Lipinski definition) is 2. The molecule has 2 aromatic rings. The number of aromatic nitrogens is 2. The molecule has 0 aliphatic heterocycles. The molecule has 14 heavy (non-hydrogen) atoms. The Labute approximate surface area is 81.4 Å². The number of primary amides is 1. The number of carbonyl (C=O) groups excluding carboxylic acids is 1. The molecule has 0 unspecified atom stereocenters. The lowest BCUT2D eigenvalue weighted by Crippen LogP contribution is -2.15. The summed E-state index contributed by atoms with van der Waals surface area (Å²) in [5.74, 6) is -0.440. The summed E-state index contributed by atoms with van der Waals surface area (Å²) in [4.78, 5) is 15.5. The number of rotatable bonds is 1. The molecule has 2 rings (SSSR count). The zero-order chi connectivity index (χ0) is 10.3. The number of nitrogens with two attached hydrogens (primary N) is 1. The summed E-state index contributed by atoms with van der Waals surface area (Å²) in [5, 5.41) is 0. The molecule has 0 spiro atoms. The van der Waals surface area contributed by atoms with Gasteiger partial charge >= 0.3 is 0 Å². The molecule has 0 aliphatic rings. The van der Waals surface area contributed by atoms with Gasteiger partial charge in [-0.3, -0.25) is 9.20 Å². The van der Waals surface area contributed by atoms with Gasteiger partial charge in [0.1, 0.15) is 11.3 Å². The van der Waals surface area contributed by atoms with Crippen molar-refractivity contribution in [2.75, 3.05) is 0 Å². The first kappa shape index (κ1) is 8.74. The Bertz CT molecular complexity index is 513. The first-order chi connectivity index (χ1) is 6.61. The van der Waals surface area contributed by atoms with Gasteiger partial charge in [0.05, 0.1) is 5.69 Å². The fourth-order valence-electron chi connectivity index (χ4n) is 1.66. The Morgan fingerprint density at radius 2 is 2.14 bits per heavy atom. The standard InChI is InChI=1S/C10H11N3O/c1-6-4-3-5-8-12-7(2)9(10(11)14)13(6)8/h3-5H,1-2H3,(H2,11,14). The van der Waals surface area contributed by atoms with Crippen LogP contribution < -0.4 is 5.73 Å². The second kappa shape index (κ2) is 2.83. The van der Waals surface area contributed by atoms with Gasteiger partial charge in [0.2, 0.25) is 0 Å². The molecule has 2 aromatic heterocycles. The monoisotopic (exact) mass is 189 g/mol. The second-order valence-corrected chi connectivity index (χ2v) is 3.27. The summed E-state index contributed by atoms with van der Waals surface area (Å²) >= 11 is 0. The molecule has 0 aliphatic carbocycles. The lowest BCUT2D eigenvalue weighted by atomic mass is 10.3. The van der Waals surface area contributed by atoms with Gasteiger partial charge in [0, 0.05) is 5.69 Å². The maximum absolute atomic E-state index is 11.2. The molecular weight excluding hydrogens is 178 g/mol. The summed E-state index contributed by atoms with van der Waals surface area (Å²) in [7, 11) is 0. The van der Waals surface area contributed by atoms with Crippen LogP contribution in [0.1, 0.15) is 21.9 Å². The normalized spacial score (nSPS) is 10.7. The van der Waals surface area contributed by atoms with E-state index in [1.165, 1.54) is 0 Å². The Morgan fingerprint density at radius 1 is 1.43 bits per heavy atom. The van der Waals surface area contributed by atoms with Crippen LogP contribution in [0.25, 0.3) is 5.65 Å². The smallest absolute Gasteiger partial charge is 0.267 e. The molecule has 0 fully saturated rings. The van der Waals surface area contributed by atoms with Gasteiger partial charge in [-0.25, -0.2) is 4.98 Å². The first-order valence-electron chi connectivity index (χ1n) is 4.35. The third kappa shape index (κ3) is 1.08. The van der Waals surface area contributed by atoms with Crippen molar-refractivity contribution in [1.29, 1.82) is 0 Å². The molecule has 0 bridgehead atoms. The lowest BCUT2D eigenvalue weighted by Gasteiger charge is -2.01. The van der Waals surface area contributed by atoms with E-state index in [9.17, 15) is 4.79 Å². The number of carbonyl (C=O) groups is 1. The zero-order valence-electron chi connectivity index (χ0n) is 8.11. The predicted molar refractivity (Wildman–Crippen MR) is 53.2 cm³/mol. The van der Waals surface area contributed by atoms with Crippen LogP contribution in [0.5, 0.6) is 0 Å². The van der Waals surface area contributed by atoms with Gasteiger partial charge in [-0.1, -0.05) is 6.07 Å². The minimum Gasteiger partial charge on any atom is -0.364 e. The SMILES string of the molecule is Cc1nc2cccc(C)n2c1C(N)=O. The van der Waals surface area contributed by atoms with E-state index in [4.69, 9.17) is 5.73 Å². The maximum atomic E-state index is 11.2. The van der Waals surface area contributed by atoms with Gasteiger partial charge in [-0.05, 0) is 26.0 Å². The third-order valence-electron chi connectivity index (χ3n) is 2.25. The minimum absolute atomic E-state index is 0.440. The number of amides is 1. The minimum atomic E-state index is -0.440. The summed E-state index contributed by atoms with van der Waals surface area (Å²) in [6.45, 7) is 3.70. The van der Waals surface area contributed by atoms with Crippen LogP contribution >= 0.6 is 0 Å². The Balaban J connectivity index is 2.93.